The Morgan fingerprint density at radius 3 is 2.65 bits per heavy atom. The molecule has 0 radical (unpaired) electrons. The number of rotatable bonds is 7. The van der Waals surface area contributed by atoms with E-state index in [2.05, 4.69) is 35.2 Å². The molecule has 0 aliphatic carbocycles. The molecule has 2 aliphatic heterocycles. The van der Waals surface area contributed by atoms with Gasteiger partial charge in [0.15, 0.2) is 0 Å². The first-order valence-electron chi connectivity index (χ1n) is 10.7. The summed E-state index contributed by atoms with van der Waals surface area (Å²) in [5.74, 6) is 0.516. The normalized spacial score (nSPS) is 17.4. The summed E-state index contributed by atoms with van der Waals surface area (Å²) >= 11 is 0. The number of aliphatic hydroxyl groups excluding tert-OH is 1. The fraction of sp³-hybridized carbons (Fsp3) is 0.417. The third-order valence-electron chi connectivity index (χ3n) is 6.05. The van der Waals surface area contributed by atoms with Crippen LogP contribution in [0.4, 0.5) is 4.79 Å². The molecule has 0 bridgehead atoms. The summed E-state index contributed by atoms with van der Waals surface area (Å²) in [6.45, 7) is 4.34. The fourth-order valence-electron chi connectivity index (χ4n) is 4.42. The predicted molar refractivity (Wildman–Crippen MR) is 117 cm³/mol. The van der Waals surface area contributed by atoms with Crippen molar-refractivity contribution >= 4 is 6.03 Å². The van der Waals surface area contributed by atoms with Gasteiger partial charge in [0.05, 0.1) is 18.8 Å². The van der Waals surface area contributed by atoms with Gasteiger partial charge in [-0.05, 0) is 35.2 Å². The Kier molecular flexibility index (Phi) is 6.40. The maximum atomic E-state index is 12.8. The van der Waals surface area contributed by atoms with Gasteiger partial charge >= 0.3 is 6.03 Å². The number of β-amino-alcohol motifs (C(OH)–C–C–N with tert-alkyl or cyclic N) is 1. The molecular formula is C24H28N4O3. The average molecular weight is 421 g/mol. The summed E-state index contributed by atoms with van der Waals surface area (Å²) in [6.07, 6.45) is 0.414. The average Bonchev–Trinajstić information content (AvgIpc) is 3.12. The van der Waals surface area contributed by atoms with Crippen LogP contribution in [0.1, 0.15) is 22.3 Å². The number of carbonyl (C=O) groups is 1. The number of methoxy groups -OCH3 is 1. The second-order valence-corrected chi connectivity index (χ2v) is 8.20. The van der Waals surface area contributed by atoms with Gasteiger partial charge in [-0.1, -0.05) is 30.3 Å². The van der Waals surface area contributed by atoms with Gasteiger partial charge in [-0.3, -0.25) is 4.90 Å². The third kappa shape index (κ3) is 4.82. The largest absolute Gasteiger partial charge is 0.495 e. The van der Waals surface area contributed by atoms with Crippen LogP contribution in [-0.2, 0) is 19.5 Å². The van der Waals surface area contributed by atoms with Crippen LogP contribution >= 0.6 is 0 Å². The lowest BCUT2D eigenvalue weighted by molar-refractivity contribution is 0.0812. The molecule has 0 aromatic heterocycles. The van der Waals surface area contributed by atoms with Crippen molar-refractivity contribution in [1.29, 1.82) is 5.26 Å². The highest BCUT2D eigenvalue weighted by molar-refractivity contribution is 5.76. The van der Waals surface area contributed by atoms with Crippen LogP contribution in [0.15, 0.2) is 42.5 Å². The van der Waals surface area contributed by atoms with Crippen molar-refractivity contribution in [3.63, 3.8) is 0 Å². The van der Waals surface area contributed by atoms with E-state index in [1.165, 1.54) is 18.2 Å². The highest BCUT2D eigenvalue weighted by Gasteiger charge is 2.30. The summed E-state index contributed by atoms with van der Waals surface area (Å²) in [6, 6.07) is 15.8. The van der Waals surface area contributed by atoms with Gasteiger partial charge in [0.25, 0.3) is 0 Å². The molecule has 0 spiro atoms. The van der Waals surface area contributed by atoms with Gasteiger partial charge in [0.2, 0.25) is 0 Å². The quantitative estimate of drug-likeness (QED) is 0.743. The molecule has 4 rings (SSSR count). The number of hydrogen-bond acceptors (Lipinski definition) is 5. The lowest BCUT2D eigenvalue weighted by Gasteiger charge is -2.31. The molecule has 7 heteroatoms. The Balaban J connectivity index is 1.30. The lowest BCUT2D eigenvalue weighted by Crippen LogP contribution is -2.43. The zero-order chi connectivity index (χ0) is 21.8. The smallest absolute Gasteiger partial charge is 0.320 e. The van der Waals surface area contributed by atoms with Gasteiger partial charge in [-0.15, -0.1) is 0 Å². The lowest BCUT2D eigenvalue weighted by atomic mass is 10.00. The molecule has 1 unspecified atom stereocenters. The summed E-state index contributed by atoms with van der Waals surface area (Å²) in [4.78, 5) is 18.6. The predicted octanol–water partition coefficient (Wildman–Crippen LogP) is 2.22. The molecule has 162 valence electrons. The maximum absolute atomic E-state index is 12.8. The highest BCUT2D eigenvalue weighted by Crippen LogP contribution is 2.22. The number of amides is 2. The number of aliphatic hydroxyl groups is 1. The summed E-state index contributed by atoms with van der Waals surface area (Å²) in [5, 5.41) is 19.8. The zero-order valence-corrected chi connectivity index (χ0v) is 17.8. The van der Waals surface area contributed by atoms with Crippen molar-refractivity contribution in [2.24, 2.45) is 0 Å². The van der Waals surface area contributed by atoms with E-state index in [0.29, 0.717) is 44.0 Å². The summed E-state index contributed by atoms with van der Waals surface area (Å²) in [7, 11) is 1.53. The van der Waals surface area contributed by atoms with E-state index in [1.807, 2.05) is 6.07 Å². The number of urea groups is 1. The Morgan fingerprint density at radius 2 is 1.87 bits per heavy atom. The number of fused-ring (bicyclic) bond motifs is 1. The van der Waals surface area contributed by atoms with Crippen molar-refractivity contribution in [2.75, 3.05) is 39.8 Å². The van der Waals surface area contributed by atoms with Crippen molar-refractivity contribution in [2.45, 2.75) is 25.6 Å². The van der Waals surface area contributed by atoms with Crippen LogP contribution in [0.5, 0.6) is 5.75 Å². The Bertz CT molecular complexity index is 987. The van der Waals surface area contributed by atoms with E-state index in [4.69, 9.17) is 10.00 Å². The van der Waals surface area contributed by atoms with Crippen LogP contribution < -0.4 is 4.74 Å². The molecule has 2 amide bonds. The zero-order valence-electron chi connectivity index (χ0n) is 17.8. The molecule has 2 heterocycles. The van der Waals surface area contributed by atoms with E-state index in [1.54, 1.807) is 21.9 Å². The number of nitriles is 1. The van der Waals surface area contributed by atoms with E-state index in [0.717, 1.165) is 25.1 Å². The Morgan fingerprint density at radius 1 is 1.10 bits per heavy atom. The maximum Gasteiger partial charge on any atom is 0.320 e. The summed E-state index contributed by atoms with van der Waals surface area (Å²) in [5.41, 5.74) is 4.10. The van der Waals surface area contributed by atoms with E-state index in [9.17, 15) is 9.90 Å². The monoisotopic (exact) mass is 420 g/mol. The van der Waals surface area contributed by atoms with Gasteiger partial charge in [-0.25, -0.2) is 4.79 Å². The van der Waals surface area contributed by atoms with Gasteiger partial charge in [0.1, 0.15) is 11.8 Å². The van der Waals surface area contributed by atoms with E-state index in [-0.39, 0.29) is 6.03 Å². The van der Waals surface area contributed by atoms with Gasteiger partial charge in [-0.2, -0.15) is 5.26 Å². The van der Waals surface area contributed by atoms with E-state index < -0.39 is 6.10 Å². The number of nitrogens with zero attached hydrogens (tertiary/aromatic N) is 4. The SMILES string of the molecule is COc1cc(CN2CCN(CC(O)CN3CCc4ccccc4C3)C2=O)ccc1C#N. The minimum Gasteiger partial charge on any atom is -0.495 e. The van der Waals surface area contributed by atoms with Crippen molar-refractivity contribution in [1.82, 2.24) is 14.7 Å². The van der Waals surface area contributed by atoms with Crippen molar-refractivity contribution < 1.29 is 14.6 Å². The standard InChI is InChI=1S/C24H28N4O3/c1-31-23-12-18(6-7-20(23)13-25)14-27-10-11-28(24(27)30)17-22(29)16-26-9-8-19-4-2-3-5-21(19)15-26/h2-7,12,22,29H,8-11,14-17H2,1H3. The second kappa shape index (κ2) is 9.38. The molecule has 0 saturated carbocycles. The number of benzene rings is 2. The van der Waals surface area contributed by atoms with Crippen molar-refractivity contribution in [3.05, 3.63) is 64.7 Å². The third-order valence-corrected chi connectivity index (χ3v) is 6.05. The number of carbonyl (C=O) groups excluding carboxylic acids is 1. The molecule has 2 aliphatic rings. The van der Waals surface area contributed by atoms with E-state index >= 15 is 0 Å². The first-order chi connectivity index (χ1) is 15.1. The minimum absolute atomic E-state index is 0.0635. The van der Waals surface area contributed by atoms with Crippen molar-refractivity contribution in [3.8, 4) is 11.8 Å². The molecule has 2 aromatic carbocycles. The second-order valence-electron chi connectivity index (χ2n) is 8.20. The first kappa shape index (κ1) is 21.2. The Labute approximate surface area is 183 Å². The van der Waals surface area contributed by atoms with Gasteiger partial charge in [0, 0.05) is 45.8 Å². The molecule has 1 atom stereocenters. The molecule has 1 fully saturated rings. The molecule has 1 saturated heterocycles. The minimum atomic E-state index is -0.579. The molecule has 2 aromatic rings. The Hall–Kier alpha value is -3.08. The molecule has 7 nitrogen and oxygen atoms in total. The highest BCUT2D eigenvalue weighted by atomic mass is 16.5. The molecule has 1 N–H and O–H groups in total. The summed E-state index contributed by atoms with van der Waals surface area (Å²) < 4.78 is 5.26. The van der Waals surface area contributed by atoms with Crippen LogP contribution in [0, 0.1) is 11.3 Å². The van der Waals surface area contributed by atoms with Crippen LogP contribution in [-0.4, -0.2) is 71.8 Å². The number of hydrogen-bond donors (Lipinski definition) is 1. The van der Waals surface area contributed by atoms with Crippen LogP contribution in [0.2, 0.25) is 0 Å². The van der Waals surface area contributed by atoms with Crippen LogP contribution in [0.3, 0.4) is 0 Å². The molecular weight excluding hydrogens is 392 g/mol. The number of ether oxygens (including phenoxy) is 1. The topological polar surface area (TPSA) is 80.0 Å². The fourth-order valence-corrected chi connectivity index (χ4v) is 4.42. The van der Waals surface area contributed by atoms with Crippen LogP contribution in [0.25, 0.3) is 0 Å². The molecule has 31 heavy (non-hydrogen) atoms. The first-order valence-corrected chi connectivity index (χ1v) is 10.7. The van der Waals surface area contributed by atoms with Gasteiger partial charge < -0.3 is 19.6 Å².